The first-order valence-electron chi connectivity index (χ1n) is 7.04. The summed E-state index contributed by atoms with van der Waals surface area (Å²) < 4.78 is 1.23. The van der Waals surface area contributed by atoms with E-state index in [0.717, 1.165) is 18.4 Å². The van der Waals surface area contributed by atoms with Crippen molar-refractivity contribution in [3.8, 4) is 0 Å². The average Bonchev–Trinajstić information content (AvgIpc) is 2.30. The summed E-state index contributed by atoms with van der Waals surface area (Å²) in [7, 11) is 0. The Bertz CT molecular complexity index is 402. The van der Waals surface area contributed by atoms with Crippen LogP contribution in [0.15, 0.2) is 22.7 Å². The SMILES string of the molecule is Cc1ccc(CNC2CCC(C)CC2C)c(Br)c1. The highest BCUT2D eigenvalue weighted by Crippen LogP contribution is 2.29. The lowest BCUT2D eigenvalue weighted by Crippen LogP contribution is -2.38. The molecule has 0 heterocycles. The Morgan fingerprint density at radius 1 is 1.28 bits per heavy atom. The topological polar surface area (TPSA) is 12.0 Å². The van der Waals surface area contributed by atoms with Gasteiger partial charge in [-0.2, -0.15) is 0 Å². The molecule has 0 radical (unpaired) electrons. The molecule has 3 atom stereocenters. The van der Waals surface area contributed by atoms with Crippen LogP contribution in [0.4, 0.5) is 0 Å². The average molecular weight is 310 g/mol. The van der Waals surface area contributed by atoms with Crippen molar-refractivity contribution >= 4 is 15.9 Å². The molecular weight excluding hydrogens is 286 g/mol. The van der Waals surface area contributed by atoms with E-state index in [1.54, 1.807) is 0 Å². The van der Waals surface area contributed by atoms with Gasteiger partial charge in [0.2, 0.25) is 0 Å². The normalized spacial score (nSPS) is 28.3. The van der Waals surface area contributed by atoms with Gasteiger partial charge in [-0.25, -0.2) is 0 Å². The predicted molar refractivity (Wildman–Crippen MR) is 81.7 cm³/mol. The van der Waals surface area contributed by atoms with Gasteiger partial charge >= 0.3 is 0 Å². The van der Waals surface area contributed by atoms with Crippen LogP contribution in [0.1, 0.15) is 44.2 Å². The standard InChI is InChI=1S/C16H24BrN/c1-11-5-7-16(13(3)8-11)18-10-14-6-4-12(2)9-15(14)17/h4,6,9,11,13,16,18H,5,7-8,10H2,1-3H3. The fraction of sp³-hybridized carbons (Fsp3) is 0.625. The van der Waals surface area contributed by atoms with Crippen LogP contribution in [0.5, 0.6) is 0 Å². The van der Waals surface area contributed by atoms with Crippen LogP contribution in [-0.4, -0.2) is 6.04 Å². The van der Waals surface area contributed by atoms with Gasteiger partial charge in [-0.1, -0.05) is 41.9 Å². The van der Waals surface area contributed by atoms with Gasteiger partial charge in [-0.15, -0.1) is 0 Å². The molecule has 0 spiro atoms. The molecule has 2 heteroatoms. The minimum Gasteiger partial charge on any atom is -0.310 e. The van der Waals surface area contributed by atoms with Crippen molar-refractivity contribution in [2.45, 2.75) is 52.6 Å². The zero-order chi connectivity index (χ0) is 13.1. The molecule has 2 rings (SSSR count). The lowest BCUT2D eigenvalue weighted by molar-refractivity contribution is 0.227. The number of rotatable bonds is 3. The van der Waals surface area contributed by atoms with Crippen LogP contribution in [0.2, 0.25) is 0 Å². The number of benzene rings is 1. The Balaban J connectivity index is 1.91. The Morgan fingerprint density at radius 2 is 2.06 bits per heavy atom. The second kappa shape index (κ2) is 6.21. The van der Waals surface area contributed by atoms with Crippen molar-refractivity contribution in [2.24, 2.45) is 11.8 Å². The van der Waals surface area contributed by atoms with Gasteiger partial charge in [0.05, 0.1) is 0 Å². The molecular formula is C16H24BrN. The van der Waals surface area contributed by atoms with Crippen LogP contribution in [0, 0.1) is 18.8 Å². The van der Waals surface area contributed by atoms with Gasteiger partial charge in [-0.05, 0) is 55.2 Å². The molecule has 0 aliphatic heterocycles. The Morgan fingerprint density at radius 3 is 2.72 bits per heavy atom. The molecule has 18 heavy (non-hydrogen) atoms. The van der Waals surface area contributed by atoms with Gasteiger partial charge in [0, 0.05) is 17.1 Å². The highest BCUT2D eigenvalue weighted by molar-refractivity contribution is 9.10. The third-order valence-corrected chi connectivity index (χ3v) is 4.93. The van der Waals surface area contributed by atoms with E-state index in [4.69, 9.17) is 0 Å². The van der Waals surface area contributed by atoms with Crippen molar-refractivity contribution in [1.82, 2.24) is 5.32 Å². The number of aryl methyl sites for hydroxylation is 1. The Kier molecular flexibility index (Phi) is 4.85. The molecule has 1 N–H and O–H groups in total. The summed E-state index contributed by atoms with van der Waals surface area (Å²) in [4.78, 5) is 0. The van der Waals surface area contributed by atoms with E-state index in [0.29, 0.717) is 6.04 Å². The van der Waals surface area contributed by atoms with E-state index >= 15 is 0 Å². The third kappa shape index (κ3) is 3.58. The maximum atomic E-state index is 3.74. The second-order valence-electron chi connectivity index (χ2n) is 5.98. The summed E-state index contributed by atoms with van der Waals surface area (Å²) in [5, 5.41) is 3.74. The fourth-order valence-electron chi connectivity index (χ4n) is 3.01. The molecule has 1 fully saturated rings. The van der Waals surface area contributed by atoms with Crippen LogP contribution in [0.25, 0.3) is 0 Å². The second-order valence-corrected chi connectivity index (χ2v) is 6.83. The summed E-state index contributed by atoms with van der Waals surface area (Å²) in [6.45, 7) is 7.87. The van der Waals surface area contributed by atoms with Crippen molar-refractivity contribution in [3.05, 3.63) is 33.8 Å². The molecule has 1 aliphatic carbocycles. The molecule has 0 amide bonds. The van der Waals surface area contributed by atoms with E-state index in [9.17, 15) is 0 Å². The molecule has 3 unspecified atom stereocenters. The summed E-state index contributed by atoms with van der Waals surface area (Å²) >= 11 is 3.66. The van der Waals surface area contributed by atoms with Gasteiger partial charge in [0.25, 0.3) is 0 Å². The molecule has 0 bridgehead atoms. The lowest BCUT2D eigenvalue weighted by atomic mass is 9.80. The van der Waals surface area contributed by atoms with Crippen LogP contribution >= 0.6 is 15.9 Å². The first kappa shape index (κ1) is 14.1. The van der Waals surface area contributed by atoms with Gasteiger partial charge in [-0.3, -0.25) is 0 Å². The molecule has 1 aliphatic rings. The third-order valence-electron chi connectivity index (χ3n) is 4.19. The largest absolute Gasteiger partial charge is 0.310 e. The zero-order valence-corrected chi connectivity index (χ0v) is 13.3. The van der Waals surface area contributed by atoms with E-state index in [-0.39, 0.29) is 0 Å². The number of halogens is 1. The van der Waals surface area contributed by atoms with Crippen LogP contribution < -0.4 is 5.32 Å². The quantitative estimate of drug-likeness (QED) is 0.855. The summed E-state index contributed by atoms with van der Waals surface area (Å²) in [6.07, 6.45) is 4.07. The zero-order valence-electron chi connectivity index (χ0n) is 11.7. The maximum Gasteiger partial charge on any atom is 0.0222 e. The van der Waals surface area contributed by atoms with Crippen molar-refractivity contribution in [1.29, 1.82) is 0 Å². The van der Waals surface area contributed by atoms with E-state index < -0.39 is 0 Å². The first-order valence-corrected chi connectivity index (χ1v) is 7.84. The fourth-order valence-corrected chi connectivity index (χ4v) is 3.64. The van der Waals surface area contributed by atoms with Crippen molar-refractivity contribution in [2.75, 3.05) is 0 Å². The van der Waals surface area contributed by atoms with Crippen molar-refractivity contribution in [3.63, 3.8) is 0 Å². The number of hydrogen-bond acceptors (Lipinski definition) is 1. The summed E-state index contributed by atoms with van der Waals surface area (Å²) in [5.41, 5.74) is 2.68. The van der Waals surface area contributed by atoms with Gasteiger partial charge in [0.1, 0.15) is 0 Å². The Hall–Kier alpha value is -0.340. The minimum absolute atomic E-state index is 0.689. The van der Waals surface area contributed by atoms with E-state index in [1.165, 1.54) is 34.9 Å². The smallest absolute Gasteiger partial charge is 0.0222 e. The molecule has 1 nitrogen and oxygen atoms in total. The molecule has 0 saturated heterocycles. The molecule has 1 aromatic rings. The highest BCUT2D eigenvalue weighted by Gasteiger charge is 2.24. The predicted octanol–water partition coefficient (Wildman–Crippen LogP) is 4.67. The van der Waals surface area contributed by atoms with Crippen molar-refractivity contribution < 1.29 is 0 Å². The maximum absolute atomic E-state index is 3.74. The van der Waals surface area contributed by atoms with Gasteiger partial charge < -0.3 is 5.32 Å². The lowest BCUT2D eigenvalue weighted by Gasteiger charge is -2.33. The molecule has 1 aromatic carbocycles. The minimum atomic E-state index is 0.689. The highest BCUT2D eigenvalue weighted by atomic mass is 79.9. The van der Waals surface area contributed by atoms with Gasteiger partial charge in [0.15, 0.2) is 0 Å². The number of nitrogens with one attached hydrogen (secondary N) is 1. The molecule has 100 valence electrons. The monoisotopic (exact) mass is 309 g/mol. The summed E-state index contributed by atoms with van der Waals surface area (Å²) in [6, 6.07) is 7.30. The van der Waals surface area contributed by atoms with Crippen LogP contribution in [-0.2, 0) is 6.54 Å². The molecule has 0 aromatic heterocycles. The van der Waals surface area contributed by atoms with Crippen LogP contribution in [0.3, 0.4) is 0 Å². The number of hydrogen-bond donors (Lipinski definition) is 1. The van der Waals surface area contributed by atoms with E-state index in [1.807, 2.05) is 0 Å². The Labute approximate surface area is 119 Å². The summed E-state index contributed by atoms with van der Waals surface area (Å²) in [5.74, 6) is 1.71. The molecule has 1 saturated carbocycles. The first-order chi connectivity index (χ1) is 8.56. The van der Waals surface area contributed by atoms with E-state index in [2.05, 4.69) is 60.2 Å².